The summed E-state index contributed by atoms with van der Waals surface area (Å²) in [4.78, 5) is 22.1. The molecule has 0 aromatic rings. The van der Waals surface area contributed by atoms with E-state index in [1.165, 1.54) is 0 Å². The lowest BCUT2D eigenvalue weighted by Gasteiger charge is -2.27. The molecule has 1 saturated heterocycles. The van der Waals surface area contributed by atoms with Gasteiger partial charge in [-0.3, -0.25) is 4.79 Å². The van der Waals surface area contributed by atoms with Crippen LogP contribution in [-0.2, 0) is 19.1 Å². The number of rotatable bonds is 2. The molecule has 0 saturated carbocycles. The zero-order valence-electron chi connectivity index (χ0n) is 7.67. The standard InChI is InChI=1S/C8H10O7/c1-4-2-6(11)14-8(13,5(10)3-9)15-7(4)12/h5,9-10,13H,1-3H2. The Hall–Kier alpha value is -1.44. The van der Waals surface area contributed by atoms with Crippen molar-refractivity contribution in [3.63, 3.8) is 0 Å². The Kier molecular flexibility index (Phi) is 3.08. The van der Waals surface area contributed by atoms with Crippen LogP contribution in [0, 0.1) is 0 Å². The average molecular weight is 218 g/mol. The number of ether oxygens (including phenoxy) is 2. The van der Waals surface area contributed by atoms with Crippen molar-refractivity contribution in [2.24, 2.45) is 0 Å². The highest BCUT2D eigenvalue weighted by atomic mass is 16.9. The molecule has 1 fully saturated rings. The smallest absolute Gasteiger partial charge is 0.396 e. The summed E-state index contributed by atoms with van der Waals surface area (Å²) in [6.07, 6.45) is -2.38. The lowest BCUT2D eigenvalue weighted by molar-refractivity contribution is -0.359. The maximum atomic E-state index is 11.1. The number of carbonyl (C=O) groups is 2. The van der Waals surface area contributed by atoms with Gasteiger partial charge in [-0.2, -0.15) is 0 Å². The van der Waals surface area contributed by atoms with E-state index in [2.05, 4.69) is 16.1 Å². The zero-order chi connectivity index (χ0) is 11.6. The minimum atomic E-state index is -2.86. The van der Waals surface area contributed by atoms with E-state index in [1.54, 1.807) is 0 Å². The van der Waals surface area contributed by atoms with Crippen molar-refractivity contribution in [1.82, 2.24) is 0 Å². The Morgan fingerprint density at radius 3 is 2.60 bits per heavy atom. The molecule has 1 rings (SSSR count). The van der Waals surface area contributed by atoms with Crippen LogP contribution >= 0.6 is 0 Å². The summed E-state index contributed by atoms with van der Waals surface area (Å²) >= 11 is 0. The van der Waals surface area contributed by atoms with Crippen LogP contribution < -0.4 is 0 Å². The largest absolute Gasteiger partial charge is 0.403 e. The molecule has 15 heavy (non-hydrogen) atoms. The van der Waals surface area contributed by atoms with Crippen LogP contribution in [0.25, 0.3) is 0 Å². The number of esters is 2. The Bertz CT molecular complexity index is 310. The van der Waals surface area contributed by atoms with Crippen LogP contribution in [0.15, 0.2) is 12.2 Å². The molecule has 7 heteroatoms. The minimum absolute atomic E-state index is 0.207. The fourth-order valence-corrected chi connectivity index (χ4v) is 0.923. The van der Waals surface area contributed by atoms with E-state index in [9.17, 15) is 14.7 Å². The number of aliphatic hydroxyl groups is 3. The van der Waals surface area contributed by atoms with E-state index in [4.69, 9.17) is 10.2 Å². The van der Waals surface area contributed by atoms with Crippen molar-refractivity contribution in [3.8, 4) is 0 Å². The van der Waals surface area contributed by atoms with E-state index in [1.807, 2.05) is 0 Å². The van der Waals surface area contributed by atoms with Gasteiger partial charge in [-0.1, -0.05) is 6.58 Å². The molecule has 0 bridgehead atoms. The Balaban J connectivity index is 2.95. The van der Waals surface area contributed by atoms with Gasteiger partial charge in [0.2, 0.25) is 0 Å². The number of carbonyl (C=O) groups excluding carboxylic acids is 2. The van der Waals surface area contributed by atoms with Crippen LogP contribution in [0.5, 0.6) is 0 Å². The Morgan fingerprint density at radius 2 is 2.07 bits per heavy atom. The molecule has 84 valence electrons. The second-order valence-electron chi connectivity index (χ2n) is 2.97. The number of cyclic esters (lactones) is 2. The van der Waals surface area contributed by atoms with Gasteiger partial charge < -0.3 is 24.8 Å². The average Bonchev–Trinajstić information content (AvgIpc) is 2.23. The predicted octanol–water partition coefficient (Wildman–Crippen LogP) is -1.97. The van der Waals surface area contributed by atoms with Crippen LogP contribution in [0.2, 0.25) is 0 Å². The van der Waals surface area contributed by atoms with E-state index in [0.717, 1.165) is 0 Å². The molecular weight excluding hydrogens is 208 g/mol. The van der Waals surface area contributed by atoms with E-state index >= 15 is 0 Å². The Labute approximate surface area is 84.5 Å². The van der Waals surface area contributed by atoms with Crippen LogP contribution in [0.4, 0.5) is 0 Å². The highest BCUT2D eigenvalue weighted by Crippen LogP contribution is 2.22. The lowest BCUT2D eigenvalue weighted by atomic mass is 10.2. The first kappa shape index (κ1) is 11.6. The normalized spacial score (nSPS) is 29.1. The van der Waals surface area contributed by atoms with Crippen molar-refractivity contribution in [2.45, 2.75) is 18.5 Å². The molecule has 1 aliphatic rings. The van der Waals surface area contributed by atoms with E-state index < -0.39 is 37.0 Å². The molecule has 2 atom stereocenters. The molecule has 0 radical (unpaired) electrons. The quantitative estimate of drug-likeness (QED) is 0.364. The van der Waals surface area contributed by atoms with Gasteiger partial charge in [0, 0.05) is 5.57 Å². The van der Waals surface area contributed by atoms with Gasteiger partial charge in [0.1, 0.15) is 0 Å². The third-order valence-corrected chi connectivity index (χ3v) is 1.74. The first-order chi connectivity index (χ1) is 6.89. The summed E-state index contributed by atoms with van der Waals surface area (Å²) in [5.74, 6) is -4.92. The van der Waals surface area contributed by atoms with Gasteiger partial charge in [0.05, 0.1) is 13.0 Å². The topological polar surface area (TPSA) is 113 Å². The van der Waals surface area contributed by atoms with Gasteiger partial charge in [0.15, 0.2) is 6.10 Å². The SMILES string of the molecule is C=C1CC(=O)OC(O)(C(O)CO)OC1=O. The molecule has 0 spiro atoms. The van der Waals surface area contributed by atoms with E-state index in [0.29, 0.717) is 0 Å². The molecule has 2 unspecified atom stereocenters. The second kappa shape index (κ2) is 3.97. The maximum absolute atomic E-state index is 11.1. The van der Waals surface area contributed by atoms with Crippen molar-refractivity contribution < 1.29 is 34.4 Å². The molecular formula is C8H10O7. The molecule has 0 aromatic heterocycles. The summed E-state index contributed by atoms with van der Waals surface area (Å²) in [5.41, 5.74) is -0.207. The molecule has 7 nitrogen and oxygen atoms in total. The number of hydrogen-bond acceptors (Lipinski definition) is 7. The Morgan fingerprint density at radius 1 is 1.47 bits per heavy atom. The summed E-state index contributed by atoms with van der Waals surface area (Å²) in [6.45, 7) is 2.28. The highest BCUT2D eigenvalue weighted by Gasteiger charge is 2.47. The second-order valence-corrected chi connectivity index (χ2v) is 2.97. The van der Waals surface area contributed by atoms with Crippen LogP contribution in [0.1, 0.15) is 6.42 Å². The predicted molar refractivity (Wildman–Crippen MR) is 44.0 cm³/mol. The van der Waals surface area contributed by atoms with Crippen LogP contribution in [0.3, 0.4) is 0 Å². The van der Waals surface area contributed by atoms with Crippen LogP contribution in [-0.4, -0.2) is 45.9 Å². The van der Waals surface area contributed by atoms with Crippen molar-refractivity contribution in [3.05, 3.63) is 12.2 Å². The van der Waals surface area contributed by atoms with Crippen molar-refractivity contribution in [1.29, 1.82) is 0 Å². The van der Waals surface area contributed by atoms with E-state index in [-0.39, 0.29) is 5.57 Å². The lowest BCUT2D eigenvalue weighted by Crippen LogP contribution is -2.50. The number of aliphatic hydroxyl groups excluding tert-OH is 2. The molecule has 0 aromatic carbocycles. The monoisotopic (exact) mass is 218 g/mol. The third-order valence-electron chi connectivity index (χ3n) is 1.74. The molecule has 0 amide bonds. The summed E-state index contributed by atoms with van der Waals surface area (Å²) in [5, 5.41) is 27.1. The third kappa shape index (κ3) is 2.32. The molecule has 0 aliphatic carbocycles. The fraction of sp³-hybridized carbons (Fsp3) is 0.500. The van der Waals surface area contributed by atoms with Crippen molar-refractivity contribution in [2.75, 3.05) is 6.61 Å². The van der Waals surface area contributed by atoms with Gasteiger partial charge in [-0.05, 0) is 0 Å². The summed E-state index contributed by atoms with van der Waals surface area (Å²) in [7, 11) is 0. The highest BCUT2D eigenvalue weighted by molar-refractivity contribution is 5.94. The molecule has 1 heterocycles. The van der Waals surface area contributed by atoms with Gasteiger partial charge in [-0.15, -0.1) is 0 Å². The van der Waals surface area contributed by atoms with Gasteiger partial charge >= 0.3 is 17.9 Å². The summed E-state index contributed by atoms with van der Waals surface area (Å²) < 4.78 is 8.59. The first-order valence-electron chi connectivity index (χ1n) is 4.03. The maximum Gasteiger partial charge on any atom is 0.403 e. The zero-order valence-corrected chi connectivity index (χ0v) is 7.67. The molecule has 1 aliphatic heterocycles. The minimum Gasteiger partial charge on any atom is -0.396 e. The number of hydrogen-bond donors (Lipinski definition) is 3. The molecule has 3 N–H and O–H groups in total. The van der Waals surface area contributed by atoms with Gasteiger partial charge in [-0.25, -0.2) is 4.79 Å². The first-order valence-corrected chi connectivity index (χ1v) is 4.03. The van der Waals surface area contributed by atoms with Gasteiger partial charge in [0.25, 0.3) is 0 Å². The fourth-order valence-electron chi connectivity index (χ4n) is 0.923. The summed E-state index contributed by atoms with van der Waals surface area (Å²) in [6, 6.07) is 0. The van der Waals surface area contributed by atoms with Crippen molar-refractivity contribution >= 4 is 11.9 Å².